The highest BCUT2D eigenvalue weighted by Crippen LogP contribution is 2.33. The molecule has 0 saturated heterocycles. The van der Waals surface area contributed by atoms with Crippen molar-refractivity contribution in [3.8, 4) is 0 Å². The highest BCUT2D eigenvalue weighted by Gasteiger charge is 2.08. The fourth-order valence-corrected chi connectivity index (χ4v) is 1.68. The van der Waals surface area contributed by atoms with Gasteiger partial charge in [-0.25, -0.2) is 0 Å². The average molecular weight is 265 g/mol. The topological polar surface area (TPSA) is 26.0 Å². The predicted molar refractivity (Wildman–Crippen MR) is 68.8 cm³/mol. The first-order valence-corrected chi connectivity index (χ1v) is 5.64. The van der Waals surface area contributed by atoms with Gasteiger partial charge < -0.3 is 5.73 Å². The van der Waals surface area contributed by atoms with E-state index in [0.29, 0.717) is 15.1 Å². The second-order valence-electron chi connectivity index (χ2n) is 3.43. The van der Waals surface area contributed by atoms with Crippen LogP contribution in [0.3, 0.4) is 0 Å². The Bertz CT molecular complexity index is 397. The molecule has 82 valence electrons. The summed E-state index contributed by atoms with van der Waals surface area (Å²) in [4.78, 5) is 0. The van der Waals surface area contributed by atoms with Crippen LogP contribution in [0.1, 0.15) is 19.4 Å². The third-order valence-electron chi connectivity index (χ3n) is 2.17. The Balaban J connectivity index is 3.26. The molecule has 0 bridgehead atoms. The lowest BCUT2D eigenvalue weighted by Gasteiger charge is -2.08. The van der Waals surface area contributed by atoms with Crippen molar-refractivity contribution in [1.29, 1.82) is 0 Å². The van der Waals surface area contributed by atoms with Crippen LogP contribution in [0.15, 0.2) is 17.7 Å². The maximum Gasteiger partial charge on any atom is 0.0679 e. The molecule has 4 heteroatoms. The normalized spacial score (nSPS) is 14.1. The summed E-state index contributed by atoms with van der Waals surface area (Å²) < 4.78 is 0. The van der Waals surface area contributed by atoms with Gasteiger partial charge in [0.15, 0.2) is 0 Å². The molecule has 1 nitrogen and oxygen atoms in total. The second kappa shape index (κ2) is 5.22. The van der Waals surface area contributed by atoms with Crippen LogP contribution in [-0.2, 0) is 0 Å². The van der Waals surface area contributed by atoms with Crippen LogP contribution in [0.5, 0.6) is 0 Å². The van der Waals surface area contributed by atoms with Gasteiger partial charge in [0.1, 0.15) is 0 Å². The van der Waals surface area contributed by atoms with Crippen LogP contribution in [-0.4, -0.2) is 6.04 Å². The fourth-order valence-electron chi connectivity index (χ4n) is 1.03. The Morgan fingerprint density at radius 2 is 1.80 bits per heavy atom. The lowest BCUT2D eigenvalue weighted by Crippen LogP contribution is -2.15. The number of hydrogen-bond acceptors (Lipinski definition) is 1. The minimum absolute atomic E-state index is 0.0314. The number of hydrogen-bond donors (Lipinski definition) is 1. The molecule has 0 heterocycles. The Morgan fingerprint density at radius 3 is 2.33 bits per heavy atom. The van der Waals surface area contributed by atoms with Crippen LogP contribution >= 0.6 is 34.8 Å². The van der Waals surface area contributed by atoms with Gasteiger partial charge in [-0.15, -0.1) is 0 Å². The third-order valence-corrected chi connectivity index (χ3v) is 3.32. The Hall–Kier alpha value is -0.210. The Kier molecular flexibility index (Phi) is 4.47. The van der Waals surface area contributed by atoms with E-state index in [1.54, 1.807) is 12.1 Å². The van der Waals surface area contributed by atoms with Crippen molar-refractivity contribution in [3.63, 3.8) is 0 Å². The molecule has 0 radical (unpaired) electrons. The van der Waals surface area contributed by atoms with Crippen LogP contribution in [0.4, 0.5) is 0 Å². The standard InChI is InChI=1S/C11H12Cl3N/c1-6(7(2)15)5-8-9(12)3-4-10(13)11(8)14/h3-5,7H,15H2,1-2H3/b6-5+. The van der Waals surface area contributed by atoms with E-state index in [9.17, 15) is 0 Å². The van der Waals surface area contributed by atoms with Crippen molar-refractivity contribution >= 4 is 40.9 Å². The van der Waals surface area contributed by atoms with Gasteiger partial charge >= 0.3 is 0 Å². The van der Waals surface area contributed by atoms with Gasteiger partial charge in [0.05, 0.1) is 10.0 Å². The van der Waals surface area contributed by atoms with Gasteiger partial charge in [-0.1, -0.05) is 46.5 Å². The van der Waals surface area contributed by atoms with Gasteiger partial charge in [-0.05, 0) is 26.0 Å². The maximum absolute atomic E-state index is 6.05. The van der Waals surface area contributed by atoms with E-state index >= 15 is 0 Å². The van der Waals surface area contributed by atoms with Gasteiger partial charge in [0.2, 0.25) is 0 Å². The van der Waals surface area contributed by atoms with E-state index in [-0.39, 0.29) is 6.04 Å². The first-order chi connectivity index (χ1) is 6.93. The molecule has 1 rings (SSSR count). The van der Waals surface area contributed by atoms with Crippen LogP contribution in [0.25, 0.3) is 6.08 Å². The number of halogens is 3. The number of nitrogens with two attached hydrogens (primary N) is 1. The zero-order valence-corrected chi connectivity index (χ0v) is 10.8. The van der Waals surface area contributed by atoms with Gasteiger partial charge in [-0.2, -0.15) is 0 Å². The number of benzene rings is 1. The highest BCUT2D eigenvalue weighted by atomic mass is 35.5. The average Bonchev–Trinajstić information content (AvgIpc) is 2.18. The van der Waals surface area contributed by atoms with Crippen LogP contribution in [0.2, 0.25) is 15.1 Å². The summed E-state index contributed by atoms with van der Waals surface area (Å²) in [5.41, 5.74) is 7.46. The summed E-state index contributed by atoms with van der Waals surface area (Å²) in [7, 11) is 0. The molecular formula is C11H12Cl3N. The third kappa shape index (κ3) is 3.12. The maximum atomic E-state index is 6.05. The second-order valence-corrected chi connectivity index (χ2v) is 4.63. The van der Waals surface area contributed by atoms with E-state index in [4.69, 9.17) is 40.5 Å². The van der Waals surface area contributed by atoms with Crippen LogP contribution < -0.4 is 5.73 Å². The molecule has 1 aromatic carbocycles. The predicted octanol–water partition coefficient (Wildman–Crippen LogP) is 4.40. The lowest BCUT2D eigenvalue weighted by molar-refractivity contribution is 0.868. The van der Waals surface area contributed by atoms with Crippen LogP contribution in [0, 0.1) is 0 Å². The number of rotatable bonds is 2. The molecule has 0 spiro atoms. The molecule has 0 amide bonds. The largest absolute Gasteiger partial charge is 0.324 e. The zero-order valence-electron chi connectivity index (χ0n) is 8.52. The minimum atomic E-state index is -0.0314. The van der Waals surface area contributed by atoms with Crippen molar-refractivity contribution in [2.24, 2.45) is 5.73 Å². The molecule has 0 saturated carbocycles. The summed E-state index contributed by atoms with van der Waals surface area (Å²) in [5.74, 6) is 0. The highest BCUT2D eigenvalue weighted by molar-refractivity contribution is 6.44. The van der Waals surface area contributed by atoms with Gasteiger partial charge in [0, 0.05) is 16.6 Å². The van der Waals surface area contributed by atoms with Gasteiger partial charge in [-0.3, -0.25) is 0 Å². The van der Waals surface area contributed by atoms with E-state index in [1.807, 2.05) is 19.9 Å². The van der Waals surface area contributed by atoms with E-state index < -0.39 is 0 Å². The zero-order chi connectivity index (χ0) is 11.6. The Labute approximate surface area is 105 Å². The fraction of sp³-hybridized carbons (Fsp3) is 0.273. The van der Waals surface area contributed by atoms with Crippen molar-refractivity contribution in [2.45, 2.75) is 19.9 Å². The first-order valence-electron chi connectivity index (χ1n) is 4.50. The van der Waals surface area contributed by atoms with Crippen molar-refractivity contribution in [1.82, 2.24) is 0 Å². The SMILES string of the molecule is C/C(=C\c1c(Cl)ccc(Cl)c1Cl)C(C)N. The molecule has 0 aliphatic carbocycles. The molecule has 0 aliphatic rings. The summed E-state index contributed by atoms with van der Waals surface area (Å²) in [6.07, 6.45) is 1.86. The summed E-state index contributed by atoms with van der Waals surface area (Å²) in [6, 6.07) is 3.36. The molecular weight excluding hydrogens is 252 g/mol. The molecule has 15 heavy (non-hydrogen) atoms. The van der Waals surface area contributed by atoms with E-state index in [2.05, 4.69) is 0 Å². The molecule has 1 atom stereocenters. The van der Waals surface area contributed by atoms with Crippen molar-refractivity contribution in [2.75, 3.05) is 0 Å². The minimum Gasteiger partial charge on any atom is -0.324 e. The van der Waals surface area contributed by atoms with Gasteiger partial charge in [0.25, 0.3) is 0 Å². The molecule has 1 unspecified atom stereocenters. The monoisotopic (exact) mass is 263 g/mol. The smallest absolute Gasteiger partial charge is 0.0679 e. The Morgan fingerprint density at radius 1 is 1.27 bits per heavy atom. The first kappa shape index (κ1) is 12.9. The quantitative estimate of drug-likeness (QED) is 0.787. The van der Waals surface area contributed by atoms with E-state index in [1.165, 1.54) is 0 Å². The summed E-state index contributed by atoms with van der Waals surface area (Å²) in [6.45, 7) is 3.83. The van der Waals surface area contributed by atoms with Crippen molar-refractivity contribution in [3.05, 3.63) is 38.3 Å². The molecule has 0 aromatic heterocycles. The van der Waals surface area contributed by atoms with E-state index in [0.717, 1.165) is 11.1 Å². The van der Waals surface area contributed by atoms with Crippen molar-refractivity contribution < 1.29 is 0 Å². The lowest BCUT2D eigenvalue weighted by atomic mass is 10.1. The summed E-state index contributed by atoms with van der Waals surface area (Å²) in [5, 5.41) is 1.53. The molecule has 1 aromatic rings. The molecule has 0 fully saturated rings. The molecule has 2 N–H and O–H groups in total. The molecule has 0 aliphatic heterocycles. The summed E-state index contributed by atoms with van der Waals surface area (Å²) >= 11 is 18.0.